The third-order valence-corrected chi connectivity index (χ3v) is 7.76. The Morgan fingerprint density at radius 2 is 1.88 bits per heavy atom. The van der Waals surface area contributed by atoms with Crippen molar-refractivity contribution in [2.45, 2.75) is 65.1 Å². The van der Waals surface area contributed by atoms with Crippen molar-refractivity contribution in [2.75, 3.05) is 6.54 Å². The summed E-state index contributed by atoms with van der Waals surface area (Å²) in [5, 5.41) is 4.47. The fourth-order valence-corrected chi connectivity index (χ4v) is 5.41. The van der Waals surface area contributed by atoms with Gasteiger partial charge in [-0.3, -0.25) is 14.3 Å². The van der Waals surface area contributed by atoms with Crippen LogP contribution in [0.4, 0.5) is 13.2 Å². The largest absolute Gasteiger partial charge is 0.573 e. The van der Waals surface area contributed by atoms with Gasteiger partial charge in [0.2, 0.25) is 0 Å². The van der Waals surface area contributed by atoms with Crippen LogP contribution in [0.15, 0.2) is 37.2 Å². The second kappa shape index (κ2) is 10.5. The van der Waals surface area contributed by atoms with Crippen LogP contribution in [-0.4, -0.2) is 60.3 Å². The van der Waals surface area contributed by atoms with Gasteiger partial charge < -0.3 is 14.5 Å². The van der Waals surface area contributed by atoms with Crippen LogP contribution in [0.25, 0.3) is 5.57 Å². The number of hydrogen-bond acceptors (Lipinski definition) is 6. The average Bonchev–Trinajstić information content (AvgIpc) is 3.29. The van der Waals surface area contributed by atoms with Gasteiger partial charge in [-0.2, -0.15) is 5.10 Å². The molecule has 2 aromatic heterocycles. The van der Waals surface area contributed by atoms with Crippen molar-refractivity contribution >= 4 is 29.0 Å². The minimum Gasteiger partial charge on any atom is -0.404 e. The molecule has 216 valence electrons. The molecule has 3 aromatic rings. The molecule has 0 fully saturated rings. The van der Waals surface area contributed by atoms with E-state index in [-0.39, 0.29) is 41.2 Å². The number of alkyl halides is 3. The molecule has 2 amide bonds. The molecule has 0 saturated carbocycles. The van der Waals surface area contributed by atoms with Crippen molar-refractivity contribution in [3.63, 3.8) is 0 Å². The highest BCUT2D eigenvalue weighted by atomic mass is 35.5. The second-order valence-corrected chi connectivity index (χ2v) is 10.9. The van der Waals surface area contributed by atoms with Gasteiger partial charge in [0.25, 0.3) is 11.8 Å². The Hall–Kier alpha value is -3.93. The molecule has 0 N–H and O–H groups in total. The number of aromatic nitrogens is 4. The molecular weight excluding hydrogens is 561 g/mol. The van der Waals surface area contributed by atoms with Crippen molar-refractivity contribution in [2.24, 2.45) is 0 Å². The Kier molecular flexibility index (Phi) is 7.31. The summed E-state index contributed by atoms with van der Waals surface area (Å²) in [5.74, 6) is -0.874. The number of ether oxygens (including phenoxy) is 1. The summed E-state index contributed by atoms with van der Waals surface area (Å²) in [6, 6.07) is 2.73. The van der Waals surface area contributed by atoms with Crippen LogP contribution >= 0.6 is 11.6 Å². The highest BCUT2D eigenvalue weighted by Gasteiger charge is 2.41. The van der Waals surface area contributed by atoms with Gasteiger partial charge in [-0.25, -0.2) is 9.97 Å². The van der Waals surface area contributed by atoms with E-state index in [1.807, 2.05) is 27.7 Å². The van der Waals surface area contributed by atoms with E-state index in [2.05, 4.69) is 21.3 Å². The lowest BCUT2D eigenvalue weighted by molar-refractivity contribution is -0.274. The van der Waals surface area contributed by atoms with E-state index >= 15 is 0 Å². The van der Waals surface area contributed by atoms with Gasteiger partial charge in [0.05, 0.1) is 29.3 Å². The van der Waals surface area contributed by atoms with Gasteiger partial charge in [-0.05, 0) is 51.5 Å². The smallest absolute Gasteiger partial charge is 0.404 e. The highest BCUT2D eigenvalue weighted by Crippen LogP contribution is 2.36. The Bertz CT molecular complexity index is 1540. The van der Waals surface area contributed by atoms with Crippen LogP contribution < -0.4 is 4.74 Å². The summed E-state index contributed by atoms with van der Waals surface area (Å²) in [6.07, 6.45) is -1.21. The van der Waals surface area contributed by atoms with Crippen molar-refractivity contribution < 1.29 is 27.5 Å². The van der Waals surface area contributed by atoms with E-state index in [0.717, 1.165) is 22.9 Å². The summed E-state index contributed by atoms with van der Waals surface area (Å²) in [7, 11) is 0. The first kappa shape index (κ1) is 28.6. The monoisotopic (exact) mass is 588 g/mol. The van der Waals surface area contributed by atoms with Crippen LogP contribution in [-0.2, 0) is 13.0 Å². The number of benzene rings is 1. The van der Waals surface area contributed by atoms with E-state index in [0.29, 0.717) is 30.0 Å². The quantitative estimate of drug-likeness (QED) is 0.384. The van der Waals surface area contributed by atoms with Gasteiger partial charge in [0.15, 0.2) is 5.82 Å². The SMILES string of the molecule is C=C(C)c1ncc(C(C)N2C[C@@H](C)n3nc4c(c3C2=O)CN(C(=O)c2ccc(Cl)c(OC(F)(F)F)c2)[C@H](C)C4)cn1. The molecule has 0 aliphatic carbocycles. The predicted molar refractivity (Wildman–Crippen MR) is 144 cm³/mol. The molecule has 0 saturated heterocycles. The third kappa shape index (κ3) is 5.40. The Balaban J connectivity index is 1.44. The molecular formula is C28H28ClF3N6O3. The molecule has 1 aromatic carbocycles. The first-order chi connectivity index (χ1) is 19.2. The fraction of sp³-hybridized carbons (Fsp3) is 0.393. The Morgan fingerprint density at radius 1 is 1.20 bits per heavy atom. The van der Waals surface area contributed by atoms with E-state index < -0.39 is 18.0 Å². The van der Waals surface area contributed by atoms with Crippen molar-refractivity contribution in [1.29, 1.82) is 0 Å². The lowest BCUT2D eigenvalue weighted by atomic mass is 9.96. The van der Waals surface area contributed by atoms with Gasteiger partial charge >= 0.3 is 6.36 Å². The summed E-state index contributed by atoms with van der Waals surface area (Å²) >= 11 is 5.87. The lowest BCUT2D eigenvalue weighted by Gasteiger charge is -2.37. The Labute approximate surface area is 239 Å². The second-order valence-electron chi connectivity index (χ2n) is 10.5. The topological polar surface area (TPSA) is 93.5 Å². The standard InChI is InChI=1S/C28H28ClF3N6O3/c1-14(2)25-33-10-19(11-34-25)17(5)37-12-16(4)38-24(27(37)40)20-13-36(15(3)8-22(20)35-38)26(39)18-6-7-21(29)23(9-18)41-28(30,31)32/h6-7,9-11,15-17H,1,8,12-13H2,2-5H3/t15-,16-,17?/m1/s1. The normalized spacial score (nSPS) is 19.5. The molecule has 9 nitrogen and oxygen atoms in total. The molecule has 2 aliphatic heterocycles. The highest BCUT2D eigenvalue weighted by molar-refractivity contribution is 6.32. The van der Waals surface area contributed by atoms with Crippen LogP contribution in [0.2, 0.25) is 5.02 Å². The number of hydrogen-bond donors (Lipinski definition) is 0. The zero-order valence-electron chi connectivity index (χ0n) is 22.9. The van der Waals surface area contributed by atoms with Gasteiger partial charge in [-0.1, -0.05) is 18.2 Å². The van der Waals surface area contributed by atoms with E-state index in [9.17, 15) is 22.8 Å². The van der Waals surface area contributed by atoms with Crippen LogP contribution in [0.3, 0.4) is 0 Å². The van der Waals surface area contributed by atoms with E-state index in [1.54, 1.807) is 22.0 Å². The molecule has 0 spiro atoms. The lowest BCUT2D eigenvalue weighted by Crippen LogP contribution is -2.45. The summed E-state index contributed by atoms with van der Waals surface area (Å²) in [6.45, 7) is 11.9. The molecule has 0 radical (unpaired) electrons. The number of carbonyl (C=O) groups is 2. The number of halogens is 4. The maximum atomic E-state index is 13.9. The minimum absolute atomic E-state index is 0.0156. The van der Waals surface area contributed by atoms with E-state index in [1.165, 1.54) is 17.0 Å². The molecule has 2 aliphatic rings. The molecule has 5 rings (SSSR count). The first-order valence-electron chi connectivity index (χ1n) is 13.0. The number of carbonyl (C=O) groups excluding carboxylic acids is 2. The molecule has 3 atom stereocenters. The number of allylic oxidation sites excluding steroid dienone is 1. The Morgan fingerprint density at radius 3 is 2.51 bits per heavy atom. The third-order valence-electron chi connectivity index (χ3n) is 7.45. The van der Waals surface area contributed by atoms with Crippen LogP contribution in [0, 0.1) is 0 Å². The molecule has 4 heterocycles. The summed E-state index contributed by atoms with van der Waals surface area (Å²) < 4.78 is 44.2. The van der Waals surface area contributed by atoms with Crippen LogP contribution in [0.1, 0.15) is 83.3 Å². The zero-order valence-corrected chi connectivity index (χ0v) is 23.6. The molecule has 13 heteroatoms. The summed E-state index contributed by atoms with van der Waals surface area (Å²) in [5.41, 5.74) is 3.23. The number of rotatable bonds is 5. The fourth-order valence-electron chi connectivity index (χ4n) is 5.25. The summed E-state index contributed by atoms with van der Waals surface area (Å²) in [4.78, 5) is 39.4. The van der Waals surface area contributed by atoms with E-state index in [4.69, 9.17) is 16.7 Å². The molecule has 1 unspecified atom stereocenters. The maximum Gasteiger partial charge on any atom is 0.573 e. The number of amides is 2. The van der Waals surface area contributed by atoms with Crippen molar-refractivity contribution in [3.8, 4) is 5.75 Å². The minimum atomic E-state index is -4.96. The number of nitrogens with zero attached hydrogens (tertiary/aromatic N) is 6. The van der Waals surface area contributed by atoms with Gasteiger partial charge in [-0.15, -0.1) is 13.2 Å². The zero-order chi connectivity index (χ0) is 29.8. The predicted octanol–water partition coefficient (Wildman–Crippen LogP) is 5.62. The molecule has 0 bridgehead atoms. The number of fused-ring (bicyclic) bond motifs is 3. The van der Waals surface area contributed by atoms with Crippen molar-refractivity contribution in [1.82, 2.24) is 29.5 Å². The first-order valence-corrected chi connectivity index (χ1v) is 13.4. The van der Waals surface area contributed by atoms with Gasteiger partial charge in [0.1, 0.15) is 11.4 Å². The van der Waals surface area contributed by atoms with Crippen LogP contribution in [0.5, 0.6) is 5.75 Å². The maximum absolute atomic E-state index is 13.9. The van der Waals surface area contributed by atoms with Crippen molar-refractivity contribution in [3.05, 3.63) is 76.1 Å². The van der Waals surface area contributed by atoms with Gasteiger partial charge in [0, 0.05) is 48.1 Å². The average molecular weight is 589 g/mol. The molecule has 41 heavy (non-hydrogen) atoms.